The van der Waals surface area contributed by atoms with E-state index in [1.165, 1.54) is 11.1 Å². The summed E-state index contributed by atoms with van der Waals surface area (Å²) >= 11 is 0. The summed E-state index contributed by atoms with van der Waals surface area (Å²) in [6, 6.07) is 4.17. The smallest absolute Gasteiger partial charge is 0.325 e. The minimum Gasteiger partial charge on any atom is -0.465 e. The first-order chi connectivity index (χ1) is 7.54. The van der Waals surface area contributed by atoms with Gasteiger partial charge in [0, 0.05) is 5.69 Å². The predicted octanol–water partition coefficient (Wildman–Crippen LogP) is 2.59. The summed E-state index contributed by atoms with van der Waals surface area (Å²) in [5.74, 6) is -0.222. The number of hydrogen-bond donors (Lipinski definition) is 1. The number of aryl methyl sites for hydroxylation is 3. The number of ether oxygens (including phenoxy) is 1. The van der Waals surface area contributed by atoms with Gasteiger partial charge in [0.25, 0.3) is 0 Å². The van der Waals surface area contributed by atoms with Crippen molar-refractivity contribution in [1.29, 1.82) is 0 Å². The van der Waals surface area contributed by atoms with E-state index in [2.05, 4.69) is 31.3 Å². The van der Waals surface area contributed by atoms with E-state index in [0.29, 0.717) is 6.61 Å². The standard InChI is InChI=1S/C13H19NO2/c1-5-16-13(15)8-14-12-7-10(3)9(2)6-11(12)4/h6-7,14H,5,8H2,1-4H3. The maximum absolute atomic E-state index is 11.2. The van der Waals surface area contributed by atoms with Gasteiger partial charge in [0.2, 0.25) is 0 Å². The van der Waals surface area contributed by atoms with Gasteiger partial charge in [0.05, 0.1) is 6.61 Å². The molecule has 0 aliphatic heterocycles. The fourth-order valence-electron chi connectivity index (χ4n) is 1.53. The molecule has 0 saturated heterocycles. The minimum atomic E-state index is -0.222. The molecule has 0 fully saturated rings. The van der Waals surface area contributed by atoms with E-state index in [9.17, 15) is 4.79 Å². The van der Waals surface area contributed by atoms with Gasteiger partial charge in [-0.3, -0.25) is 4.79 Å². The van der Waals surface area contributed by atoms with Gasteiger partial charge in [-0.1, -0.05) is 6.07 Å². The third-order valence-corrected chi connectivity index (χ3v) is 2.57. The molecule has 1 aromatic rings. The molecule has 1 N–H and O–H groups in total. The molecular formula is C13H19NO2. The van der Waals surface area contributed by atoms with E-state index in [-0.39, 0.29) is 12.5 Å². The molecule has 0 saturated carbocycles. The lowest BCUT2D eigenvalue weighted by Crippen LogP contribution is -2.17. The highest BCUT2D eigenvalue weighted by Crippen LogP contribution is 2.19. The molecule has 0 radical (unpaired) electrons. The molecule has 3 heteroatoms. The van der Waals surface area contributed by atoms with Crippen molar-refractivity contribution in [1.82, 2.24) is 0 Å². The van der Waals surface area contributed by atoms with E-state index in [1.807, 2.05) is 6.92 Å². The van der Waals surface area contributed by atoms with Gasteiger partial charge in [0.1, 0.15) is 6.54 Å². The number of nitrogens with one attached hydrogen (secondary N) is 1. The first kappa shape index (κ1) is 12.6. The van der Waals surface area contributed by atoms with Gasteiger partial charge in [-0.25, -0.2) is 0 Å². The quantitative estimate of drug-likeness (QED) is 0.794. The van der Waals surface area contributed by atoms with Crippen molar-refractivity contribution in [2.75, 3.05) is 18.5 Å². The van der Waals surface area contributed by atoms with Crippen molar-refractivity contribution in [3.8, 4) is 0 Å². The van der Waals surface area contributed by atoms with E-state index in [1.54, 1.807) is 6.92 Å². The number of carbonyl (C=O) groups is 1. The number of hydrogen-bond acceptors (Lipinski definition) is 3. The summed E-state index contributed by atoms with van der Waals surface area (Å²) in [7, 11) is 0. The van der Waals surface area contributed by atoms with Gasteiger partial charge in [-0.05, 0) is 50.5 Å². The monoisotopic (exact) mass is 221 g/mol. The molecule has 0 heterocycles. The third kappa shape index (κ3) is 3.26. The molecule has 0 atom stereocenters. The Morgan fingerprint density at radius 2 is 1.81 bits per heavy atom. The second-order valence-electron chi connectivity index (χ2n) is 3.91. The van der Waals surface area contributed by atoms with E-state index < -0.39 is 0 Å². The molecule has 0 aliphatic rings. The maximum atomic E-state index is 11.2. The number of esters is 1. The zero-order chi connectivity index (χ0) is 12.1. The molecule has 0 aromatic heterocycles. The molecule has 0 unspecified atom stereocenters. The summed E-state index contributed by atoms with van der Waals surface area (Å²) in [4.78, 5) is 11.2. The fraction of sp³-hybridized carbons (Fsp3) is 0.462. The minimum absolute atomic E-state index is 0.219. The summed E-state index contributed by atoms with van der Waals surface area (Å²) < 4.78 is 4.86. The predicted molar refractivity (Wildman–Crippen MR) is 65.8 cm³/mol. The highest BCUT2D eigenvalue weighted by atomic mass is 16.5. The van der Waals surface area contributed by atoms with E-state index in [4.69, 9.17) is 4.74 Å². The SMILES string of the molecule is CCOC(=O)CNc1cc(C)c(C)cc1C. The fourth-order valence-corrected chi connectivity index (χ4v) is 1.53. The lowest BCUT2D eigenvalue weighted by molar-refractivity contribution is -0.140. The van der Waals surface area contributed by atoms with Crippen LogP contribution in [0.25, 0.3) is 0 Å². The van der Waals surface area contributed by atoms with Crippen LogP contribution in [0.1, 0.15) is 23.6 Å². The molecular weight excluding hydrogens is 202 g/mol. The molecule has 1 aromatic carbocycles. The molecule has 0 aliphatic carbocycles. The molecule has 88 valence electrons. The number of benzene rings is 1. The summed E-state index contributed by atoms with van der Waals surface area (Å²) in [5.41, 5.74) is 4.62. The van der Waals surface area contributed by atoms with Crippen LogP contribution in [0, 0.1) is 20.8 Å². The highest BCUT2D eigenvalue weighted by molar-refractivity contribution is 5.75. The van der Waals surface area contributed by atoms with Crippen LogP contribution in [-0.4, -0.2) is 19.1 Å². The van der Waals surface area contributed by atoms with Crippen molar-refractivity contribution in [2.24, 2.45) is 0 Å². The Hall–Kier alpha value is -1.51. The van der Waals surface area contributed by atoms with Crippen molar-refractivity contribution < 1.29 is 9.53 Å². The topological polar surface area (TPSA) is 38.3 Å². The Bertz CT molecular complexity index is 386. The van der Waals surface area contributed by atoms with Crippen LogP contribution in [0.3, 0.4) is 0 Å². The van der Waals surface area contributed by atoms with Gasteiger partial charge >= 0.3 is 5.97 Å². The van der Waals surface area contributed by atoms with Gasteiger partial charge in [-0.2, -0.15) is 0 Å². The molecule has 0 spiro atoms. The van der Waals surface area contributed by atoms with Crippen molar-refractivity contribution in [2.45, 2.75) is 27.7 Å². The summed E-state index contributed by atoms with van der Waals surface area (Å²) in [6.45, 7) is 8.62. The normalized spacial score (nSPS) is 10.0. The Morgan fingerprint density at radius 1 is 1.19 bits per heavy atom. The third-order valence-electron chi connectivity index (χ3n) is 2.57. The van der Waals surface area contributed by atoms with Crippen molar-refractivity contribution in [3.05, 3.63) is 28.8 Å². The number of rotatable bonds is 4. The van der Waals surface area contributed by atoms with Crippen LogP contribution >= 0.6 is 0 Å². The first-order valence-corrected chi connectivity index (χ1v) is 5.52. The Labute approximate surface area is 96.8 Å². The second-order valence-corrected chi connectivity index (χ2v) is 3.91. The van der Waals surface area contributed by atoms with Gasteiger partial charge in [-0.15, -0.1) is 0 Å². The van der Waals surface area contributed by atoms with Crippen LogP contribution in [0.4, 0.5) is 5.69 Å². The van der Waals surface area contributed by atoms with Gasteiger partial charge in [0.15, 0.2) is 0 Å². The van der Waals surface area contributed by atoms with Gasteiger partial charge < -0.3 is 10.1 Å². The Morgan fingerprint density at radius 3 is 2.44 bits per heavy atom. The lowest BCUT2D eigenvalue weighted by atomic mass is 10.1. The molecule has 16 heavy (non-hydrogen) atoms. The molecule has 1 rings (SSSR count). The largest absolute Gasteiger partial charge is 0.465 e. The van der Waals surface area contributed by atoms with Crippen LogP contribution in [0.2, 0.25) is 0 Å². The maximum Gasteiger partial charge on any atom is 0.325 e. The molecule has 0 amide bonds. The molecule has 0 bridgehead atoms. The number of carbonyl (C=O) groups excluding carboxylic acids is 1. The number of anilines is 1. The van der Waals surface area contributed by atoms with E-state index >= 15 is 0 Å². The van der Waals surface area contributed by atoms with Crippen LogP contribution < -0.4 is 5.32 Å². The Balaban J connectivity index is 2.67. The summed E-state index contributed by atoms with van der Waals surface area (Å²) in [5, 5.41) is 3.09. The van der Waals surface area contributed by atoms with Crippen LogP contribution in [0.5, 0.6) is 0 Å². The van der Waals surface area contributed by atoms with Crippen molar-refractivity contribution in [3.63, 3.8) is 0 Å². The van der Waals surface area contributed by atoms with E-state index in [0.717, 1.165) is 11.3 Å². The zero-order valence-corrected chi connectivity index (χ0v) is 10.4. The van der Waals surface area contributed by atoms with Crippen LogP contribution in [-0.2, 0) is 9.53 Å². The average Bonchev–Trinajstić information content (AvgIpc) is 2.22. The molecule has 3 nitrogen and oxygen atoms in total. The van der Waals surface area contributed by atoms with Crippen molar-refractivity contribution >= 4 is 11.7 Å². The summed E-state index contributed by atoms with van der Waals surface area (Å²) in [6.07, 6.45) is 0. The first-order valence-electron chi connectivity index (χ1n) is 5.52. The Kier molecular flexibility index (Phi) is 4.35. The zero-order valence-electron chi connectivity index (χ0n) is 10.4. The lowest BCUT2D eigenvalue weighted by Gasteiger charge is -2.11. The average molecular weight is 221 g/mol. The van der Waals surface area contributed by atoms with Crippen LogP contribution in [0.15, 0.2) is 12.1 Å². The highest BCUT2D eigenvalue weighted by Gasteiger charge is 2.04. The second kappa shape index (κ2) is 5.54.